The maximum atomic E-state index is 10.7. The fourth-order valence-electron chi connectivity index (χ4n) is 1.21. The number of fused-ring (bicyclic) bond motifs is 1. The van der Waals surface area contributed by atoms with Gasteiger partial charge < -0.3 is 9.52 Å². The topological polar surface area (TPSA) is 50.4 Å². The number of benzene rings is 1. The predicted molar refractivity (Wildman–Crippen MR) is 54.0 cm³/mol. The lowest BCUT2D eigenvalue weighted by atomic mass is 10.2. The lowest BCUT2D eigenvalue weighted by Crippen LogP contribution is -1.96. The van der Waals surface area contributed by atoms with Gasteiger partial charge in [0.2, 0.25) is 4.71 Å². The number of aromatic carboxylic acids is 1. The number of para-hydroxylation sites is 1. The van der Waals surface area contributed by atoms with Gasteiger partial charge in [0.1, 0.15) is 11.1 Å². The Bertz CT molecular complexity index is 557. The Labute approximate surface area is 84.6 Å². The van der Waals surface area contributed by atoms with E-state index in [0.29, 0.717) is 5.58 Å². The maximum absolute atomic E-state index is 10.7. The molecule has 14 heavy (non-hydrogen) atoms. The first kappa shape index (κ1) is 8.90. The number of carboxylic acid groups (broad SMARTS) is 1. The Morgan fingerprint density at radius 2 is 2.07 bits per heavy atom. The van der Waals surface area contributed by atoms with Gasteiger partial charge in [0.15, 0.2) is 0 Å². The molecule has 4 heteroatoms. The molecule has 1 aromatic carbocycles. The highest BCUT2D eigenvalue weighted by atomic mass is 32.1. The molecule has 0 amide bonds. The van der Waals surface area contributed by atoms with Gasteiger partial charge in [-0.3, -0.25) is 0 Å². The van der Waals surface area contributed by atoms with Crippen molar-refractivity contribution < 1.29 is 14.3 Å². The minimum Gasteiger partial charge on any atom is -0.478 e. The summed E-state index contributed by atoms with van der Waals surface area (Å²) in [6.07, 6.45) is 0. The lowest BCUT2D eigenvalue weighted by molar-refractivity contribution is 0.0694. The Hall–Kier alpha value is -1.68. The van der Waals surface area contributed by atoms with E-state index < -0.39 is 5.97 Å². The third-order valence-electron chi connectivity index (χ3n) is 1.87. The van der Waals surface area contributed by atoms with Crippen LogP contribution in [0.5, 0.6) is 0 Å². The van der Waals surface area contributed by atoms with E-state index in [0.717, 1.165) is 5.39 Å². The first-order valence-corrected chi connectivity index (χ1v) is 4.35. The second-order valence-corrected chi connectivity index (χ2v) is 3.16. The van der Waals surface area contributed by atoms with Crippen molar-refractivity contribution in [1.29, 1.82) is 0 Å². The van der Waals surface area contributed by atoms with Crippen LogP contribution in [0, 0.1) is 4.71 Å². The Morgan fingerprint density at radius 3 is 2.79 bits per heavy atom. The summed E-state index contributed by atoms with van der Waals surface area (Å²) >= 11 is 4.81. The molecule has 0 unspecified atom stereocenters. The molecule has 2 aromatic rings. The van der Waals surface area contributed by atoms with Crippen molar-refractivity contribution in [2.45, 2.75) is 0 Å². The van der Waals surface area contributed by atoms with Crippen molar-refractivity contribution in [3.63, 3.8) is 0 Å². The van der Waals surface area contributed by atoms with Crippen LogP contribution in [0.2, 0.25) is 0 Å². The fourth-order valence-corrected chi connectivity index (χ4v) is 1.45. The van der Waals surface area contributed by atoms with Crippen LogP contribution in [-0.4, -0.2) is 11.1 Å². The van der Waals surface area contributed by atoms with Crippen molar-refractivity contribution in [2.24, 2.45) is 0 Å². The second kappa shape index (κ2) is 3.23. The highest BCUT2D eigenvalue weighted by molar-refractivity contribution is 7.71. The summed E-state index contributed by atoms with van der Waals surface area (Å²) in [5, 5.41) is 9.53. The molecule has 0 saturated heterocycles. The Balaban J connectivity index is 2.84. The summed E-state index contributed by atoms with van der Waals surface area (Å²) < 4.78 is 5.20. The van der Waals surface area contributed by atoms with Gasteiger partial charge in [-0.1, -0.05) is 18.2 Å². The van der Waals surface area contributed by atoms with Crippen LogP contribution in [0.15, 0.2) is 34.7 Å². The van der Waals surface area contributed by atoms with E-state index in [1.807, 2.05) is 6.07 Å². The summed E-state index contributed by atoms with van der Waals surface area (Å²) in [6.45, 7) is 0. The summed E-state index contributed by atoms with van der Waals surface area (Å²) in [5.41, 5.74) is 0.626. The molecular weight excluding hydrogens is 200 g/mol. The van der Waals surface area contributed by atoms with Gasteiger partial charge >= 0.3 is 5.97 Å². The van der Waals surface area contributed by atoms with E-state index in [-0.39, 0.29) is 10.3 Å². The largest absolute Gasteiger partial charge is 0.478 e. The number of rotatable bonds is 1. The molecule has 0 atom stereocenters. The molecule has 0 aliphatic heterocycles. The van der Waals surface area contributed by atoms with Crippen LogP contribution < -0.4 is 0 Å². The van der Waals surface area contributed by atoms with Gasteiger partial charge in [0, 0.05) is 5.39 Å². The SMILES string of the molecule is O=C(O)c1cc2ccccc2oc1=S. The van der Waals surface area contributed by atoms with Crippen LogP contribution >= 0.6 is 12.2 Å². The molecule has 3 nitrogen and oxygen atoms in total. The minimum atomic E-state index is -1.07. The number of hydrogen-bond acceptors (Lipinski definition) is 3. The van der Waals surface area contributed by atoms with Gasteiger partial charge in [0.25, 0.3) is 0 Å². The molecule has 0 radical (unpaired) electrons. The summed E-state index contributed by atoms with van der Waals surface area (Å²) in [6, 6.07) is 8.66. The zero-order valence-electron chi connectivity index (χ0n) is 7.06. The predicted octanol–water partition coefficient (Wildman–Crippen LogP) is 2.86. The molecule has 1 heterocycles. The van der Waals surface area contributed by atoms with Crippen LogP contribution in [-0.2, 0) is 0 Å². The molecule has 0 spiro atoms. The van der Waals surface area contributed by atoms with Gasteiger partial charge in [-0.2, -0.15) is 0 Å². The Morgan fingerprint density at radius 1 is 1.36 bits per heavy atom. The van der Waals surface area contributed by atoms with Gasteiger partial charge in [-0.25, -0.2) is 4.79 Å². The third-order valence-corrected chi connectivity index (χ3v) is 2.18. The normalized spacial score (nSPS) is 10.3. The zero-order chi connectivity index (χ0) is 10.1. The third kappa shape index (κ3) is 1.40. The standard InChI is InChI=1S/C10H6O3S/c11-9(12)7-5-6-3-1-2-4-8(6)13-10(7)14/h1-5H,(H,11,12). The lowest BCUT2D eigenvalue weighted by Gasteiger charge is -1.98. The fraction of sp³-hybridized carbons (Fsp3) is 0. The smallest absolute Gasteiger partial charge is 0.340 e. The van der Waals surface area contributed by atoms with Crippen molar-refractivity contribution in [3.8, 4) is 0 Å². The van der Waals surface area contributed by atoms with Crippen molar-refractivity contribution in [3.05, 3.63) is 40.6 Å². The molecule has 0 fully saturated rings. The molecule has 2 rings (SSSR count). The van der Waals surface area contributed by atoms with Crippen molar-refractivity contribution in [1.82, 2.24) is 0 Å². The molecule has 0 bridgehead atoms. The van der Waals surface area contributed by atoms with E-state index in [1.54, 1.807) is 18.2 Å². The monoisotopic (exact) mass is 206 g/mol. The molecule has 1 aromatic heterocycles. The number of carboxylic acids is 1. The van der Waals surface area contributed by atoms with E-state index in [2.05, 4.69) is 0 Å². The van der Waals surface area contributed by atoms with Crippen molar-refractivity contribution >= 4 is 29.2 Å². The molecular formula is C10H6O3S. The first-order chi connectivity index (χ1) is 6.68. The number of hydrogen-bond donors (Lipinski definition) is 1. The number of carbonyl (C=O) groups is 1. The molecule has 0 aliphatic carbocycles. The molecule has 0 aliphatic rings. The summed E-state index contributed by atoms with van der Waals surface area (Å²) in [4.78, 5) is 10.7. The Kier molecular flexibility index (Phi) is 2.05. The molecule has 1 N–H and O–H groups in total. The minimum absolute atomic E-state index is 0.0104. The van der Waals surface area contributed by atoms with Crippen LogP contribution in [0.1, 0.15) is 10.4 Å². The van der Waals surface area contributed by atoms with Gasteiger partial charge in [0.05, 0.1) is 0 Å². The zero-order valence-corrected chi connectivity index (χ0v) is 7.88. The van der Waals surface area contributed by atoms with Crippen LogP contribution in [0.25, 0.3) is 11.0 Å². The van der Waals surface area contributed by atoms with E-state index >= 15 is 0 Å². The average Bonchev–Trinajstić information content (AvgIpc) is 2.16. The van der Waals surface area contributed by atoms with E-state index in [9.17, 15) is 4.79 Å². The van der Waals surface area contributed by atoms with E-state index in [4.69, 9.17) is 21.7 Å². The highest BCUT2D eigenvalue weighted by Gasteiger charge is 2.08. The van der Waals surface area contributed by atoms with Crippen LogP contribution in [0.3, 0.4) is 0 Å². The van der Waals surface area contributed by atoms with Gasteiger partial charge in [-0.05, 0) is 24.4 Å². The summed E-state index contributed by atoms with van der Waals surface area (Å²) in [5.74, 6) is -1.07. The highest BCUT2D eigenvalue weighted by Crippen LogP contribution is 2.17. The van der Waals surface area contributed by atoms with E-state index in [1.165, 1.54) is 6.07 Å². The molecule has 0 saturated carbocycles. The average molecular weight is 206 g/mol. The maximum Gasteiger partial charge on any atom is 0.340 e. The summed E-state index contributed by atoms with van der Waals surface area (Å²) in [7, 11) is 0. The molecule has 70 valence electrons. The van der Waals surface area contributed by atoms with Crippen molar-refractivity contribution in [2.75, 3.05) is 0 Å². The first-order valence-electron chi connectivity index (χ1n) is 3.94. The second-order valence-electron chi connectivity index (χ2n) is 2.79. The van der Waals surface area contributed by atoms with Gasteiger partial charge in [-0.15, -0.1) is 0 Å². The quantitative estimate of drug-likeness (QED) is 0.729. The van der Waals surface area contributed by atoms with Crippen LogP contribution in [0.4, 0.5) is 0 Å².